The van der Waals surface area contributed by atoms with E-state index in [4.69, 9.17) is 0 Å². The molecule has 238 valence electrons. The van der Waals surface area contributed by atoms with Crippen molar-refractivity contribution in [3.8, 4) is 0 Å². The highest BCUT2D eigenvalue weighted by atomic mass is 79.9. The van der Waals surface area contributed by atoms with Crippen LogP contribution in [-0.2, 0) is 16.0 Å². The van der Waals surface area contributed by atoms with E-state index in [1.54, 1.807) is 0 Å². The third kappa shape index (κ3) is 9.80. The molecule has 0 aromatic heterocycles. The lowest BCUT2D eigenvalue weighted by Gasteiger charge is -2.41. The van der Waals surface area contributed by atoms with Gasteiger partial charge in [0.2, 0.25) is 11.8 Å². The molecule has 0 bridgehead atoms. The third-order valence-corrected chi connectivity index (χ3v) is 10.1. The van der Waals surface area contributed by atoms with E-state index in [-0.39, 0.29) is 5.91 Å². The van der Waals surface area contributed by atoms with E-state index >= 15 is 0 Å². The summed E-state index contributed by atoms with van der Waals surface area (Å²) in [5, 5.41) is 3.74. The molecule has 0 spiro atoms. The highest BCUT2D eigenvalue weighted by molar-refractivity contribution is 9.12. The molecule has 1 aromatic rings. The van der Waals surface area contributed by atoms with Gasteiger partial charge in [-0.1, -0.05) is 65.3 Å². The average Bonchev–Trinajstić information content (AvgIpc) is 3.14. The number of amides is 2. The first kappa shape index (κ1) is 36.1. The number of aryl methyl sites for hydroxylation is 2. The largest absolute Gasteiger partial charge is 0.383 e. The van der Waals surface area contributed by atoms with Gasteiger partial charge >= 0.3 is 0 Å². The van der Waals surface area contributed by atoms with Crippen LogP contribution < -0.4 is 5.32 Å². The summed E-state index contributed by atoms with van der Waals surface area (Å²) in [4.78, 5) is 29.3. The zero-order valence-electron chi connectivity index (χ0n) is 26.7. The van der Waals surface area contributed by atoms with Crippen molar-refractivity contribution in [3.05, 3.63) is 66.7 Å². The lowest BCUT2D eigenvalue weighted by molar-refractivity contribution is -0.135. The van der Waals surface area contributed by atoms with Gasteiger partial charge in [-0.05, 0) is 119 Å². The van der Waals surface area contributed by atoms with Gasteiger partial charge in [-0.3, -0.25) is 9.59 Å². The molecule has 0 saturated carbocycles. The molecule has 2 saturated heterocycles. The van der Waals surface area contributed by atoms with Crippen molar-refractivity contribution in [2.45, 2.75) is 97.9 Å². The van der Waals surface area contributed by atoms with Crippen LogP contribution in [0.15, 0.2) is 50.0 Å². The smallest absolute Gasteiger partial charge is 0.222 e. The van der Waals surface area contributed by atoms with Crippen LogP contribution in [0, 0.1) is 18.8 Å². The second kappa shape index (κ2) is 17.4. The minimum Gasteiger partial charge on any atom is -0.383 e. The van der Waals surface area contributed by atoms with Gasteiger partial charge in [0, 0.05) is 60.1 Å². The summed E-state index contributed by atoms with van der Waals surface area (Å²) in [7, 11) is 0. The first-order chi connectivity index (χ1) is 20.6. The van der Waals surface area contributed by atoms with Gasteiger partial charge in [0.1, 0.15) is 0 Å². The summed E-state index contributed by atoms with van der Waals surface area (Å²) < 4.78 is 3.33. The van der Waals surface area contributed by atoms with Crippen molar-refractivity contribution in [3.63, 3.8) is 0 Å². The molecule has 3 aliphatic heterocycles. The number of rotatable bonds is 4. The first-order valence-corrected chi connectivity index (χ1v) is 18.4. The third-order valence-electron chi connectivity index (χ3n) is 8.99. The van der Waals surface area contributed by atoms with Crippen LogP contribution in [0.5, 0.6) is 0 Å². The van der Waals surface area contributed by atoms with Crippen LogP contribution in [0.4, 0.5) is 0 Å². The molecule has 1 N–H and O–H groups in total. The van der Waals surface area contributed by atoms with Gasteiger partial charge < -0.3 is 15.1 Å². The summed E-state index contributed by atoms with van der Waals surface area (Å²) in [6, 6.07) is 4.95. The number of benzene rings is 1. The number of allylic oxidation sites excluding steroid dienone is 3. The fourth-order valence-electron chi connectivity index (χ4n) is 7.00. The Morgan fingerprint density at radius 2 is 1.56 bits per heavy atom. The Morgan fingerprint density at radius 1 is 0.977 bits per heavy atom. The van der Waals surface area contributed by atoms with Crippen LogP contribution in [-0.4, -0.2) is 53.8 Å². The molecule has 0 radical (unpaired) electrons. The van der Waals surface area contributed by atoms with Crippen LogP contribution in [0.1, 0.15) is 95.2 Å². The van der Waals surface area contributed by atoms with Crippen LogP contribution in [0.25, 0.3) is 0 Å². The van der Waals surface area contributed by atoms with Gasteiger partial charge in [0.25, 0.3) is 0 Å². The maximum Gasteiger partial charge on any atom is 0.222 e. The van der Waals surface area contributed by atoms with Gasteiger partial charge in [0.15, 0.2) is 0 Å². The van der Waals surface area contributed by atoms with Gasteiger partial charge in [-0.15, -0.1) is 0 Å². The number of fused-ring (bicyclic) bond motifs is 2. The summed E-state index contributed by atoms with van der Waals surface area (Å²) in [5.74, 6) is 1.85. The quantitative estimate of drug-likeness (QED) is 0.332. The van der Waals surface area contributed by atoms with Crippen LogP contribution >= 0.6 is 47.8 Å². The summed E-state index contributed by atoms with van der Waals surface area (Å²) in [5.41, 5.74) is 5.72. The molecule has 1 aromatic carbocycles. The number of carbonyl (C=O) groups is 2. The molecule has 2 atom stereocenters. The number of dihydropyridines is 1. The van der Waals surface area contributed by atoms with Gasteiger partial charge in [-0.2, -0.15) is 0 Å². The van der Waals surface area contributed by atoms with Crippen LogP contribution in [0.3, 0.4) is 0 Å². The monoisotopic (exact) mass is 781 g/mol. The van der Waals surface area contributed by atoms with E-state index in [0.29, 0.717) is 42.5 Å². The van der Waals surface area contributed by atoms with Crippen molar-refractivity contribution >= 4 is 59.6 Å². The van der Waals surface area contributed by atoms with E-state index in [1.165, 1.54) is 26.7 Å². The summed E-state index contributed by atoms with van der Waals surface area (Å²) in [6.45, 7) is 16.8. The molecular weight excluding hydrogens is 734 g/mol. The van der Waals surface area contributed by atoms with E-state index in [0.717, 1.165) is 73.7 Å². The molecule has 4 aliphatic rings. The Labute approximate surface area is 285 Å². The Balaban J connectivity index is 0.000000780. The van der Waals surface area contributed by atoms with Gasteiger partial charge in [0.05, 0.1) is 6.04 Å². The molecule has 2 fully saturated rings. The van der Waals surface area contributed by atoms with Gasteiger partial charge in [-0.25, -0.2) is 0 Å². The number of nitrogens with one attached hydrogen (secondary N) is 1. The number of carbonyl (C=O) groups excluding carboxylic acids is 2. The van der Waals surface area contributed by atoms with Crippen LogP contribution in [0.2, 0.25) is 0 Å². The lowest BCUT2D eigenvalue weighted by Crippen LogP contribution is -2.45. The van der Waals surface area contributed by atoms with E-state index < -0.39 is 0 Å². The zero-order valence-corrected chi connectivity index (χ0v) is 31.4. The fraction of sp³-hybridized carbons (Fsp3) is 0.600. The minimum absolute atomic E-state index is 0.238. The van der Waals surface area contributed by atoms with E-state index in [1.807, 2.05) is 32.6 Å². The fourth-order valence-corrected chi connectivity index (χ4v) is 8.31. The van der Waals surface area contributed by atoms with Crippen molar-refractivity contribution < 1.29 is 9.59 Å². The van der Waals surface area contributed by atoms with E-state index in [9.17, 15) is 9.59 Å². The SMILES string of the molecule is C=C(C)Br.CC.CCC(=O)N1CCC(CC(=O)N2CCC([C@@H]3c4c(Br)cc(C)cc4CCC4=CC(Br)=CNC43)CC2)CC1. The Bertz CT molecular complexity index is 1190. The number of nitrogens with zero attached hydrogens (tertiary/aromatic N) is 2. The number of halogens is 3. The molecule has 2 amide bonds. The molecule has 1 aliphatic carbocycles. The highest BCUT2D eigenvalue weighted by Gasteiger charge is 2.40. The second-order valence-corrected chi connectivity index (χ2v) is 15.1. The highest BCUT2D eigenvalue weighted by Crippen LogP contribution is 2.46. The van der Waals surface area contributed by atoms with Crippen molar-refractivity contribution in [1.29, 1.82) is 0 Å². The first-order valence-electron chi connectivity index (χ1n) is 16.0. The average molecular weight is 785 g/mol. The predicted octanol–water partition coefficient (Wildman–Crippen LogP) is 9.14. The Kier molecular flexibility index (Phi) is 14.6. The number of hydrogen-bond donors (Lipinski definition) is 1. The maximum atomic E-state index is 13.2. The number of piperidine rings is 2. The molecular formula is C35H50Br3N3O2. The van der Waals surface area contributed by atoms with Crippen molar-refractivity contribution in [1.82, 2.24) is 15.1 Å². The summed E-state index contributed by atoms with van der Waals surface area (Å²) >= 11 is 10.7. The second-order valence-electron chi connectivity index (χ2n) is 12.0. The molecule has 3 heterocycles. The van der Waals surface area contributed by atoms with E-state index in [2.05, 4.69) is 95.9 Å². The van der Waals surface area contributed by atoms with Crippen molar-refractivity contribution in [2.75, 3.05) is 26.2 Å². The summed E-state index contributed by atoms with van der Waals surface area (Å²) in [6.07, 6.45) is 11.7. The zero-order chi connectivity index (χ0) is 31.7. The number of hydrogen-bond acceptors (Lipinski definition) is 3. The maximum absolute atomic E-state index is 13.2. The minimum atomic E-state index is 0.238. The lowest BCUT2D eigenvalue weighted by atomic mass is 9.73. The van der Waals surface area contributed by atoms with Crippen molar-refractivity contribution in [2.24, 2.45) is 11.8 Å². The molecule has 8 heteroatoms. The topological polar surface area (TPSA) is 52.7 Å². The predicted molar refractivity (Wildman–Crippen MR) is 191 cm³/mol. The normalized spacial score (nSPS) is 22.1. The molecule has 5 rings (SSSR count). The number of likely N-dealkylation sites (tertiary alicyclic amines) is 2. The molecule has 1 unspecified atom stereocenters. The Morgan fingerprint density at radius 3 is 2.16 bits per heavy atom. The molecule has 5 nitrogen and oxygen atoms in total. The molecule has 43 heavy (non-hydrogen) atoms. The standard InChI is InChI=1S/C30H39Br2N3O2.C3H5Br.C2H6/c1-3-26(36)34-10-6-20(7-11-34)16-27(37)35-12-8-21(9-13-35)29-28-22(14-19(2)15-25(28)32)4-5-23-17-24(31)18-33-30(23)29;1-3(2)4;1-2/h14-15,17-18,20-21,29-30,33H,3-13,16H2,1-2H3;1H2,2H3;1-2H3/t29-,30?;;/m1../s1. The Hall–Kier alpha value is -1.38.